The minimum atomic E-state index is -3.66. The molecule has 4 nitrogen and oxygen atoms in total. The maximum absolute atomic E-state index is 10.9. The van der Waals surface area contributed by atoms with Crippen molar-refractivity contribution in [3.63, 3.8) is 0 Å². The highest BCUT2D eigenvalue weighted by molar-refractivity contribution is 7.47. The van der Waals surface area contributed by atoms with Gasteiger partial charge in [-0.3, -0.25) is 9.05 Å². The molecule has 1 saturated carbocycles. The van der Waals surface area contributed by atoms with E-state index < -0.39 is 7.82 Å². The van der Waals surface area contributed by atoms with Crippen molar-refractivity contribution >= 4 is 7.82 Å². The molecule has 0 aromatic rings. The molecular formula is C6H11O4P. The third kappa shape index (κ3) is 1.49. The predicted octanol–water partition coefficient (Wildman–Crippen LogP) is 1.30. The summed E-state index contributed by atoms with van der Waals surface area (Å²) in [6.07, 6.45) is 3.02. The predicted molar refractivity (Wildman–Crippen MR) is 38.0 cm³/mol. The Morgan fingerprint density at radius 1 is 1.45 bits per heavy atom. The van der Waals surface area contributed by atoms with Crippen LogP contribution in [0.3, 0.4) is 0 Å². The molecule has 64 valence electrons. The van der Waals surface area contributed by atoms with Crippen LogP contribution in [-0.2, 0) is 13.6 Å². The molecule has 1 N–H and O–H groups in total. The molecule has 1 heterocycles. The third-order valence-electron chi connectivity index (χ3n) is 2.31. The Bertz CT molecular complexity index is 205. The summed E-state index contributed by atoms with van der Waals surface area (Å²) in [7, 11) is -3.66. The first-order valence-corrected chi connectivity index (χ1v) is 5.33. The minimum Gasteiger partial charge on any atom is -0.302 e. The number of hydrogen-bond donors (Lipinski definition) is 1. The van der Waals surface area contributed by atoms with E-state index in [0.717, 1.165) is 19.3 Å². The molecule has 11 heavy (non-hydrogen) atoms. The van der Waals surface area contributed by atoms with Gasteiger partial charge in [0.25, 0.3) is 0 Å². The van der Waals surface area contributed by atoms with Gasteiger partial charge in [0.1, 0.15) is 0 Å². The van der Waals surface area contributed by atoms with Crippen molar-refractivity contribution in [2.45, 2.75) is 25.4 Å². The molecule has 0 bridgehead atoms. The highest BCUT2D eigenvalue weighted by Gasteiger charge is 2.40. The zero-order valence-corrected chi connectivity index (χ0v) is 7.00. The summed E-state index contributed by atoms with van der Waals surface area (Å²) in [5, 5.41) is 0. The van der Waals surface area contributed by atoms with E-state index >= 15 is 0 Å². The summed E-state index contributed by atoms with van der Waals surface area (Å²) >= 11 is 0. The van der Waals surface area contributed by atoms with Crippen LogP contribution >= 0.6 is 7.82 Å². The maximum Gasteiger partial charge on any atom is 0.472 e. The number of phosphoric acid groups is 1. The van der Waals surface area contributed by atoms with Gasteiger partial charge in [0.05, 0.1) is 12.7 Å². The summed E-state index contributed by atoms with van der Waals surface area (Å²) in [6.45, 7) is 0.387. The van der Waals surface area contributed by atoms with Gasteiger partial charge in [-0.15, -0.1) is 0 Å². The molecule has 0 amide bonds. The van der Waals surface area contributed by atoms with Gasteiger partial charge < -0.3 is 4.89 Å². The molecule has 1 aliphatic carbocycles. The van der Waals surface area contributed by atoms with Crippen LogP contribution < -0.4 is 0 Å². The monoisotopic (exact) mass is 178 g/mol. The zero-order valence-electron chi connectivity index (χ0n) is 6.10. The molecule has 2 aliphatic rings. The Morgan fingerprint density at radius 3 is 3.09 bits per heavy atom. The highest BCUT2D eigenvalue weighted by atomic mass is 31.2. The van der Waals surface area contributed by atoms with Gasteiger partial charge in [0, 0.05) is 5.92 Å². The summed E-state index contributed by atoms with van der Waals surface area (Å²) < 4.78 is 20.4. The molecule has 3 atom stereocenters. The molecule has 1 unspecified atom stereocenters. The van der Waals surface area contributed by atoms with Gasteiger partial charge in [-0.05, 0) is 12.8 Å². The van der Waals surface area contributed by atoms with Crippen molar-refractivity contribution in [1.29, 1.82) is 0 Å². The Morgan fingerprint density at radius 2 is 2.27 bits per heavy atom. The van der Waals surface area contributed by atoms with E-state index in [4.69, 9.17) is 9.42 Å². The topological polar surface area (TPSA) is 55.8 Å². The van der Waals surface area contributed by atoms with Crippen LogP contribution in [0.15, 0.2) is 0 Å². The Balaban J connectivity index is 2.08. The third-order valence-corrected chi connectivity index (χ3v) is 3.32. The van der Waals surface area contributed by atoms with Crippen molar-refractivity contribution < 1.29 is 18.5 Å². The fraction of sp³-hybridized carbons (Fsp3) is 1.00. The maximum atomic E-state index is 10.9. The van der Waals surface area contributed by atoms with Crippen molar-refractivity contribution in [1.82, 2.24) is 0 Å². The molecule has 1 aliphatic heterocycles. The van der Waals surface area contributed by atoms with Crippen molar-refractivity contribution in [2.75, 3.05) is 6.61 Å². The summed E-state index contributed by atoms with van der Waals surface area (Å²) in [5.74, 6) is 0.351. The van der Waals surface area contributed by atoms with E-state index in [9.17, 15) is 4.57 Å². The van der Waals surface area contributed by atoms with Gasteiger partial charge in [-0.2, -0.15) is 0 Å². The molecular weight excluding hydrogens is 167 g/mol. The standard InChI is InChI=1S/C6H11O4P/c7-11(8)9-4-5-2-1-3-6(5)10-11/h5-6H,1-4H2,(H,7,8)/t5-,6-/m1/s1. The number of hydrogen-bond acceptors (Lipinski definition) is 3. The normalized spacial score (nSPS) is 50.6. The smallest absolute Gasteiger partial charge is 0.302 e. The van der Waals surface area contributed by atoms with Crippen LogP contribution in [0.1, 0.15) is 19.3 Å². The first kappa shape index (κ1) is 7.74. The molecule has 2 fully saturated rings. The molecule has 0 aromatic heterocycles. The van der Waals surface area contributed by atoms with Crippen LogP contribution in [0.4, 0.5) is 0 Å². The van der Waals surface area contributed by atoms with Crippen LogP contribution in [-0.4, -0.2) is 17.6 Å². The van der Waals surface area contributed by atoms with Crippen LogP contribution in [0.5, 0.6) is 0 Å². The first-order valence-electron chi connectivity index (χ1n) is 3.83. The van der Waals surface area contributed by atoms with Gasteiger partial charge in [0.2, 0.25) is 0 Å². The van der Waals surface area contributed by atoms with Gasteiger partial charge in [-0.1, -0.05) is 6.42 Å². The molecule has 5 heteroatoms. The average molecular weight is 178 g/mol. The fourth-order valence-electron chi connectivity index (χ4n) is 1.72. The number of rotatable bonds is 0. The van der Waals surface area contributed by atoms with Crippen molar-refractivity contribution in [3.8, 4) is 0 Å². The van der Waals surface area contributed by atoms with Crippen molar-refractivity contribution in [2.24, 2.45) is 5.92 Å². The van der Waals surface area contributed by atoms with E-state index in [2.05, 4.69) is 4.52 Å². The number of fused-ring (bicyclic) bond motifs is 1. The second-order valence-electron chi connectivity index (χ2n) is 3.10. The van der Waals surface area contributed by atoms with Crippen LogP contribution in [0.25, 0.3) is 0 Å². The summed E-state index contributed by atoms with van der Waals surface area (Å²) in [5.41, 5.74) is 0. The largest absolute Gasteiger partial charge is 0.472 e. The second kappa shape index (κ2) is 2.56. The van der Waals surface area contributed by atoms with E-state index in [-0.39, 0.29) is 6.10 Å². The SMILES string of the molecule is O=P1(O)OC[C@H]2CCC[C@H]2O1. The minimum absolute atomic E-state index is 0.0282. The summed E-state index contributed by atoms with van der Waals surface area (Å²) in [6, 6.07) is 0. The van der Waals surface area contributed by atoms with E-state index in [1.165, 1.54) is 0 Å². The molecule has 1 saturated heterocycles. The van der Waals surface area contributed by atoms with Gasteiger partial charge in [-0.25, -0.2) is 4.57 Å². The highest BCUT2D eigenvalue weighted by Crippen LogP contribution is 2.52. The van der Waals surface area contributed by atoms with E-state index in [1.54, 1.807) is 0 Å². The molecule has 0 radical (unpaired) electrons. The summed E-state index contributed by atoms with van der Waals surface area (Å²) in [4.78, 5) is 8.93. The quantitative estimate of drug-likeness (QED) is 0.568. The second-order valence-corrected chi connectivity index (χ2v) is 4.51. The van der Waals surface area contributed by atoms with Gasteiger partial charge >= 0.3 is 7.82 Å². The molecule has 2 rings (SSSR count). The van der Waals surface area contributed by atoms with Gasteiger partial charge in [0.15, 0.2) is 0 Å². The Labute approximate surface area is 65.1 Å². The average Bonchev–Trinajstić information content (AvgIpc) is 2.31. The van der Waals surface area contributed by atoms with E-state index in [0.29, 0.717) is 12.5 Å². The van der Waals surface area contributed by atoms with Crippen LogP contribution in [0, 0.1) is 5.92 Å². The van der Waals surface area contributed by atoms with Crippen molar-refractivity contribution in [3.05, 3.63) is 0 Å². The van der Waals surface area contributed by atoms with E-state index in [1.807, 2.05) is 0 Å². The Hall–Kier alpha value is 0.110. The lowest BCUT2D eigenvalue weighted by molar-refractivity contribution is 0.0164. The molecule has 0 aromatic carbocycles. The lowest BCUT2D eigenvalue weighted by Gasteiger charge is -2.28. The molecule has 0 spiro atoms. The van der Waals surface area contributed by atoms with Crippen LogP contribution in [0.2, 0.25) is 0 Å². The lowest BCUT2D eigenvalue weighted by atomic mass is 10.1. The lowest BCUT2D eigenvalue weighted by Crippen LogP contribution is -2.26. The zero-order chi connectivity index (χ0) is 7.90. The Kier molecular flexibility index (Phi) is 1.80. The first-order chi connectivity index (χ1) is 5.17. The fourth-order valence-corrected chi connectivity index (χ4v) is 2.78. The number of phosphoric ester groups is 1.